The molecular formula is C33H47N3O6. The van der Waals surface area contributed by atoms with Gasteiger partial charge in [-0.05, 0) is 55.5 Å². The highest BCUT2D eigenvalue weighted by atomic mass is 16.6. The normalized spacial score (nSPS) is 19.4. The van der Waals surface area contributed by atoms with Crippen molar-refractivity contribution in [2.75, 3.05) is 26.8 Å². The molecule has 42 heavy (non-hydrogen) atoms. The summed E-state index contributed by atoms with van der Waals surface area (Å²) in [4.78, 5) is 49.7. The molecule has 2 aliphatic carbocycles. The number of ketones is 1. The number of Topliss-reactive ketones (excluding diaryl/α,β-unsaturated/α-hetero) is 1. The van der Waals surface area contributed by atoms with Crippen molar-refractivity contribution in [2.24, 2.45) is 5.92 Å². The fourth-order valence-corrected chi connectivity index (χ4v) is 5.29. The number of rotatable bonds is 11. The molecule has 1 aliphatic heterocycles. The molecule has 2 aromatic carbocycles. The third-order valence-corrected chi connectivity index (χ3v) is 7.96. The maximum absolute atomic E-state index is 12.8. The highest BCUT2D eigenvalue weighted by Gasteiger charge is 2.50. The van der Waals surface area contributed by atoms with Crippen LogP contribution in [0.15, 0.2) is 54.1 Å². The van der Waals surface area contributed by atoms with Crippen molar-refractivity contribution < 1.29 is 32.9 Å². The van der Waals surface area contributed by atoms with Gasteiger partial charge >= 0.3 is 0 Å². The molecule has 0 unspecified atom stereocenters. The number of nitrogens with one attached hydrogen (secondary N) is 3. The summed E-state index contributed by atoms with van der Waals surface area (Å²) in [5, 5.41) is 7.89. The standard InChI is InChI=1S/C25H31N3O5.C8H10O.3H2/c1-25(15-33-25)23(31)20(10-16-6-2-3-7-16)28-22(30)14-26-21(29)13-27-24(32)19-11-17-8-4-5-9-18(17)12-19;1-7-3-5-8(9-2)6-4-7;;;/h4-5,8-9,11,16,20H,2-3,6-7,10,12-15H2,1H3,(H,26,29)(H,27,32)(H,28,30);3-6H,1-2H3;3*1H/t20-,25+;;;;/m0..../s1. The highest BCUT2D eigenvalue weighted by molar-refractivity contribution is 6.02. The lowest BCUT2D eigenvalue weighted by molar-refractivity contribution is -0.131. The van der Waals surface area contributed by atoms with Gasteiger partial charge in [0.1, 0.15) is 11.4 Å². The second kappa shape index (κ2) is 14.3. The third kappa shape index (κ3) is 8.76. The lowest BCUT2D eigenvalue weighted by Gasteiger charge is -2.22. The molecule has 0 spiro atoms. The summed E-state index contributed by atoms with van der Waals surface area (Å²) in [5.41, 5.74) is 3.15. The van der Waals surface area contributed by atoms with E-state index in [0.717, 1.165) is 42.6 Å². The average Bonchev–Trinajstić information content (AvgIpc) is 3.36. The number of hydrogen-bond acceptors (Lipinski definition) is 6. The predicted molar refractivity (Wildman–Crippen MR) is 166 cm³/mol. The molecule has 9 nitrogen and oxygen atoms in total. The van der Waals surface area contributed by atoms with E-state index in [1.54, 1.807) is 14.0 Å². The molecule has 5 rings (SSSR count). The molecule has 0 radical (unpaired) electrons. The van der Waals surface area contributed by atoms with Crippen LogP contribution in [0.5, 0.6) is 5.75 Å². The first-order valence-electron chi connectivity index (χ1n) is 14.6. The molecule has 1 heterocycles. The smallest absolute Gasteiger partial charge is 0.247 e. The van der Waals surface area contributed by atoms with Gasteiger partial charge in [-0.3, -0.25) is 19.2 Å². The Morgan fingerprint density at radius 1 is 1.00 bits per heavy atom. The molecule has 0 aromatic heterocycles. The number of methoxy groups -OCH3 is 1. The zero-order valence-corrected chi connectivity index (χ0v) is 24.7. The van der Waals surface area contributed by atoms with E-state index < -0.39 is 23.5 Å². The molecule has 230 valence electrons. The molecular weight excluding hydrogens is 534 g/mol. The number of amides is 3. The molecule has 9 heteroatoms. The van der Waals surface area contributed by atoms with Crippen LogP contribution in [0.25, 0.3) is 6.08 Å². The van der Waals surface area contributed by atoms with Crippen molar-refractivity contribution in [1.29, 1.82) is 0 Å². The van der Waals surface area contributed by atoms with E-state index in [2.05, 4.69) is 22.9 Å². The van der Waals surface area contributed by atoms with Crippen LogP contribution in [0.2, 0.25) is 0 Å². The minimum Gasteiger partial charge on any atom is -0.497 e. The third-order valence-electron chi connectivity index (χ3n) is 7.96. The molecule has 2 atom stereocenters. The van der Waals surface area contributed by atoms with Crippen molar-refractivity contribution in [3.63, 3.8) is 0 Å². The Kier molecular flexibility index (Phi) is 10.5. The van der Waals surface area contributed by atoms with Crippen molar-refractivity contribution in [3.05, 3.63) is 70.8 Å². The van der Waals surface area contributed by atoms with Gasteiger partial charge in [-0.2, -0.15) is 0 Å². The van der Waals surface area contributed by atoms with Crippen LogP contribution in [0, 0.1) is 12.8 Å². The van der Waals surface area contributed by atoms with E-state index in [1.165, 1.54) is 5.56 Å². The van der Waals surface area contributed by atoms with Gasteiger partial charge in [-0.25, -0.2) is 0 Å². The number of fused-ring (bicyclic) bond motifs is 1. The molecule has 2 aromatic rings. The first kappa shape index (κ1) is 31.0. The summed E-state index contributed by atoms with van der Waals surface area (Å²) < 4.78 is 10.3. The van der Waals surface area contributed by atoms with Crippen LogP contribution in [0.4, 0.5) is 0 Å². The van der Waals surface area contributed by atoms with E-state index in [9.17, 15) is 19.2 Å². The van der Waals surface area contributed by atoms with Crippen LogP contribution in [-0.2, 0) is 30.3 Å². The van der Waals surface area contributed by atoms with Crippen molar-refractivity contribution in [2.45, 2.75) is 64.0 Å². The van der Waals surface area contributed by atoms with E-state index in [0.29, 0.717) is 30.9 Å². The Labute approximate surface area is 251 Å². The van der Waals surface area contributed by atoms with Gasteiger partial charge in [-0.15, -0.1) is 0 Å². The van der Waals surface area contributed by atoms with Gasteiger partial charge in [0.25, 0.3) is 0 Å². The molecule has 3 N–H and O–H groups in total. The van der Waals surface area contributed by atoms with E-state index in [1.807, 2.05) is 54.6 Å². The van der Waals surface area contributed by atoms with E-state index >= 15 is 0 Å². The average molecular weight is 582 g/mol. The van der Waals surface area contributed by atoms with Gasteiger partial charge < -0.3 is 25.4 Å². The first-order valence-corrected chi connectivity index (χ1v) is 14.6. The molecule has 0 bridgehead atoms. The number of benzene rings is 2. The monoisotopic (exact) mass is 581 g/mol. The number of carbonyl (C=O) groups excluding carboxylic acids is 4. The Balaban J connectivity index is 0.000000731. The maximum atomic E-state index is 12.8. The Morgan fingerprint density at radius 3 is 2.31 bits per heavy atom. The molecule has 2 fully saturated rings. The van der Waals surface area contributed by atoms with Crippen LogP contribution >= 0.6 is 0 Å². The largest absolute Gasteiger partial charge is 0.497 e. The van der Waals surface area contributed by atoms with Crippen LogP contribution < -0.4 is 20.7 Å². The minimum absolute atomic E-state index is 0. The predicted octanol–water partition coefficient (Wildman–Crippen LogP) is 4.02. The van der Waals surface area contributed by atoms with Gasteiger partial charge in [0, 0.05) is 16.3 Å². The molecule has 1 saturated heterocycles. The Bertz CT molecular complexity index is 1330. The summed E-state index contributed by atoms with van der Waals surface area (Å²) >= 11 is 0. The van der Waals surface area contributed by atoms with Gasteiger partial charge in [0.15, 0.2) is 5.78 Å². The fourth-order valence-electron chi connectivity index (χ4n) is 5.29. The van der Waals surface area contributed by atoms with Crippen LogP contribution in [0.1, 0.15) is 60.0 Å². The lowest BCUT2D eigenvalue weighted by Crippen LogP contribution is -2.50. The Morgan fingerprint density at radius 2 is 1.67 bits per heavy atom. The van der Waals surface area contributed by atoms with Crippen LogP contribution in [-0.4, -0.2) is 62.0 Å². The Hall–Kier alpha value is -3.98. The van der Waals surface area contributed by atoms with E-state index in [-0.39, 0.29) is 29.1 Å². The van der Waals surface area contributed by atoms with Gasteiger partial charge in [-0.1, -0.05) is 67.6 Å². The lowest BCUT2D eigenvalue weighted by atomic mass is 9.91. The maximum Gasteiger partial charge on any atom is 0.247 e. The van der Waals surface area contributed by atoms with Crippen molar-refractivity contribution in [3.8, 4) is 5.75 Å². The quantitative estimate of drug-likeness (QED) is 0.344. The highest BCUT2D eigenvalue weighted by Crippen LogP contribution is 2.33. The second-order valence-electron chi connectivity index (χ2n) is 11.4. The van der Waals surface area contributed by atoms with Crippen molar-refractivity contribution >= 4 is 29.6 Å². The number of ether oxygens (including phenoxy) is 2. The number of epoxide rings is 1. The summed E-state index contributed by atoms with van der Waals surface area (Å²) in [6.45, 7) is 3.69. The summed E-state index contributed by atoms with van der Waals surface area (Å²) in [6.07, 6.45) is 7.39. The summed E-state index contributed by atoms with van der Waals surface area (Å²) in [6, 6.07) is 15.1. The van der Waals surface area contributed by atoms with Crippen molar-refractivity contribution in [1.82, 2.24) is 16.0 Å². The molecule has 1 saturated carbocycles. The number of aryl methyl sites for hydroxylation is 1. The SMILES string of the molecule is COc1ccc(C)cc1.C[C@]1(C(=O)[C@H](CC2CCCC2)NC(=O)CNC(=O)CNC(=O)C2=Cc3ccccc3C2)CO1.[HH].[HH].[HH]. The van der Waals surface area contributed by atoms with Gasteiger partial charge in [0.2, 0.25) is 17.7 Å². The molecule has 3 amide bonds. The zero-order chi connectivity index (χ0) is 30.1. The van der Waals surface area contributed by atoms with Gasteiger partial charge in [0.05, 0.1) is 32.8 Å². The number of hydrogen-bond donors (Lipinski definition) is 3. The first-order chi connectivity index (χ1) is 20.2. The zero-order valence-electron chi connectivity index (χ0n) is 24.7. The number of carbonyl (C=O) groups is 4. The topological polar surface area (TPSA) is 126 Å². The van der Waals surface area contributed by atoms with Crippen LogP contribution in [0.3, 0.4) is 0 Å². The summed E-state index contributed by atoms with van der Waals surface area (Å²) in [5.74, 6) is 0.0379. The summed E-state index contributed by atoms with van der Waals surface area (Å²) in [7, 11) is 1.67. The second-order valence-corrected chi connectivity index (χ2v) is 11.4. The fraction of sp³-hybridized carbons (Fsp3) is 0.455. The van der Waals surface area contributed by atoms with E-state index in [4.69, 9.17) is 9.47 Å². The molecule has 3 aliphatic rings. The minimum atomic E-state index is -0.807.